The van der Waals surface area contributed by atoms with Gasteiger partial charge in [-0.1, -0.05) is 0 Å². The molecule has 1 aliphatic carbocycles. The molecule has 5 heteroatoms. The Morgan fingerprint density at radius 1 is 1.62 bits per heavy atom. The Bertz CT molecular complexity index is 456. The fourth-order valence-electron chi connectivity index (χ4n) is 2.07. The lowest BCUT2D eigenvalue weighted by Crippen LogP contribution is -2.50. The van der Waals surface area contributed by atoms with Gasteiger partial charge in [0.15, 0.2) is 11.6 Å². The molecule has 1 amide bonds. The van der Waals surface area contributed by atoms with E-state index in [1.165, 1.54) is 4.90 Å². The third-order valence-electron chi connectivity index (χ3n) is 3.29. The maximum absolute atomic E-state index is 12.0. The molecular formula is C11H13N3O2. The van der Waals surface area contributed by atoms with Crippen LogP contribution in [0.3, 0.4) is 0 Å². The van der Waals surface area contributed by atoms with E-state index in [0.717, 1.165) is 12.8 Å². The molecule has 0 aromatic carbocycles. The van der Waals surface area contributed by atoms with E-state index in [9.17, 15) is 4.79 Å². The molecule has 1 aliphatic heterocycles. The first-order valence-corrected chi connectivity index (χ1v) is 5.31. The van der Waals surface area contributed by atoms with Crippen LogP contribution >= 0.6 is 0 Å². The van der Waals surface area contributed by atoms with E-state index in [1.54, 1.807) is 19.3 Å². The number of nitrogens with two attached hydrogens (primary N) is 1. The van der Waals surface area contributed by atoms with Crippen LogP contribution in [0.5, 0.6) is 5.75 Å². The first-order valence-electron chi connectivity index (χ1n) is 5.31. The minimum Gasteiger partial charge on any atom is -0.481 e. The smallest absolute Gasteiger partial charge is 0.249 e. The first-order chi connectivity index (χ1) is 7.64. The van der Waals surface area contributed by atoms with E-state index in [2.05, 4.69) is 4.98 Å². The molecule has 1 fully saturated rings. The molecule has 1 saturated carbocycles. The van der Waals surface area contributed by atoms with Gasteiger partial charge in [0.05, 0.1) is 0 Å². The predicted octanol–water partition coefficient (Wildman–Crippen LogP) is 0.297. The van der Waals surface area contributed by atoms with Crippen molar-refractivity contribution in [3.05, 3.63) is 18.3 Å². The number of amides is 1. The lowest BCUT2D eigenvalue weighted by molar-refractivity contribution is -0.121. The standard InChI is InChI=1S/C11H13N3O2/c1-14-9-7(3-2-6-13-9)16-11(4-5-11)8(12)10(14)15/h2-3,6,8H,4-5,12H2,1H3. The molecule has 0 radical (unpaired) electrons. The van der Waals surface area contributed by atoms with Crippen LogP contribution in [0.2, 0.25) is 0 Å². The van der Waals surface area contributed by atoms with Crippen molar-refractivity contribution in [2.24, 2.45) is 5.73 Å². The fourth-order valence-corrected chi connectivity index (χ4v) is 2.07. The number of carbonyl (C=O) groups excluding carboxylic acids is 1. The number of likely N-dealkylation sites (N-methyl/N-ethyl adjacent to an activating group) is 1. The Balaban J connectivity index is 2.12. The van der Waals surface area contributed by atoms with Crippen LogP contribution in [0, 0.1) is 0 Å². The van der Waals surface area contributed by atoms with Crippen molar-refractivity contribution >= 4 is 11.7 Å². The van der Waals surface area contributed by atoms with Crippen molar-refractivity contribution in [1.29, 1.82) is 0 Å². The van der Waals surface area contributed by atoms with Gasteiger partial charge in [-0.15, -0.1) is 0 Å². The molecule has 0 saturated heterocycles. The highest BCUT2D eigenvalue weighted by molar-refractivity contribution is 5.99. The van der Waals surface area contributed by atoms with Gasteiger partial charge < -0.3 is 10.5 Å². The molecule has 84 valence electrons. The number of ether oxygens (including phenoxy) is 1. The highest BCUT2D eigenvalue weighted by Gasteiger charge is 2.56. The summed E-state index contributed by atoms with van der Waals surface area (Å²) in [7, 11) is 1.68. The summed E-state index contributed by atoms with van der Waals surface area (Å²) in [6.45, 7) is 0. The van der Waals surface area contributed by atoms with Crippen LogP contribution in [0.1, 0.15) is 12.8 Å². The van der Waals surface area contributed by atoms with Gasteiger partial charge >= 0.3 is 0 Å². The van der Waals surface area contributed by atoms with E-state index in [-0.39, 0.29) is 5.91 Å². The number of rotatable bonds is 0. The average molecular weight is 219 g/mol. The van der Waals surface area contributed by atoms with Gasteiger partial charge in [0.1, 0.15) is 11.6 Å². The summed E-state index contributed by atoms with van der Waals surface area (Å²) in [5.41, 5.74) is 5.46. The zero-order chi connectivity index (χ0) is 11.3. The zero-order valence-corrected chi connectivity index (χ0v) is 9.01. The zero-order valence-electron chi connectivity index (χ0n) is 9.01. The Morgan fingerprint density at radius 2 is 2.38 bits per heavy atom. The van der Waals surface area contributed by atoms with Crippen LogP contribution < -0.4 is 15.4 Å². The van der Waals surface area contributed by atoms with Gasteiger partial charge in [0.2, 0.25) is 5.91 Å². The maximum atomic E-state index is 12.0. The molecule has 1 aromatic rings. The minimum atomic E-state index is -0.591. The molecule has 3 rings (SSSR count). The second-order valence-corrected chi connectivity index (χ2v) is 4.37. The summed E-state index contributed by atoms with van der Waals surface area (Å²) < 4.78 is 5.86. The number of fused-ring (bicyclic) bond motifs is 1. The highest BCUT2D eigenvalue weighted by Crippen LogP contribution is 2.46. The van der Waals surface area contributed by atoms with E-state index in [0.29, 0.717) is 11.6 Å². The second kappa shape index (κ2) is 2.95. The maximum Gasteiger partial charge on any atom is 0.249 e. The number of nitrogens with zero attached hydrogens (tertiary/aromatic N) is 2. The van der Waals surface area contributed by atoms with Crippen molar-refractivity contribution in [3.63, 3.8) is 0 Å². The Hall–Kier alpha value is -1.62. The Labute approximate surface area is 93.2 Å². The van der Waals surface area contributed by atoms with Gasteiger partial charge in [-0.3, -0.25) is 9.69 Å². The number of hydrogen-bond donors (Lipinski definition) is 1. The van der Waals surface area contributed by atoms with E-state index in [4.69, 9.17) is 10.5 Å². The molecule has 2 heterocycles. The number of pyridine rings is 1. The summed E-state index contributed by atoms with van der Waals surface area (Å²) in [6.07, 6.45) is 3.31. The minimum absolute atomic E-state index is 0.130. The molecular weight excluding hydrogens is 206 g/mol. The van der Waals surface area contributed by atoms with Crippen molar-refractivity contribution in [3.8, 4) is 5.75 Å². The number of carbonyl (C=O) groups is 1. The number of aromatic nitrogens is 1. The summed E-state index contributed by atoms with van der Waals surface area (Å²) in [5, 5.41) is 0. The Kier molecular flexibility index (Phi) is 1.77. The SMILES string of the molecule is CN1C(=O)C(N)C2(CC2)Oc2cccnc21. The van der Waals surface area contributed by atoms with Gasteiger partial charge in [-0.05, 0) is 25.0 Å². The molecule has 16 heavy (non-hydrogen) atoms. The van der Waals surface area contributed by atoms with Crippen LogP contribution in [-0.2, 0) is 4.79 Å². The molecule has 1 aromatic heterocycles. The van der Waals surface area contributed by atoms with Gasteiger partial charge in [-0.2, -0.15) is 0 Å². The quantitative estimate of drug-likeness (QED) is 0.681. The predicted molar refractivity (Wildman–Crippen MR) is 58.2 cm³/mol. The molecule has 2 aliphatic rings. The summed E-state index contributed by atoms with van der Waals surface area (Å²) in [6, 6.07) is 3.03. The monoisotopic (exact) mass is 219 g/mol. The summed E-state index contributed by atoms with van der Waals surface area (Å²) >= 11 is 0. The van der Waals surface area contributed by atoms with Crippen molar-refractivity contribution in [2.75, 3.05) is 11.9 Å². The van der Waals surface area contributed by atoms with Crippen LogP contribution in [0.4, 0.5) is 5.82 Å². The molecule has 5 nitrogen and oxygen atoms in total. The normalized spacial score (nSPS) is 26.0. The first kappa shape index (κ1) is 9.59. The third kappa shape index (κ3) is 1.15. The summed E-state index contributed by atoms with van der Waals surface area (Å²) in [4.78, 5) is 17.7. The Morgan fingerprint density at radius 3 is 3.06 bits per heavy atom. The molecule has 2 N–H and O–H groups in total. The summed E-state index contributed by atoms with van der Waals surface area (Å²) in [5.74, 6) is 1.06. The van der Waals surface area contributed by atoms with Crippen molar-refractivity contribution < 1.29 is 9.53 Å². The van der Waals surface area contributed by atoms with E-state index >= 15 is 0 Å². The third-order valence-corrected chi connectivity index (χ3v) is 3.29. The topological polar surface area (TPSA) is 68.5 Å². The van der Waals surface area contributed by atoms with Gasteiger partial charge in [0.25, 0.3) is 0 Å². The molecule has 1 spiro atoms. The number of anilines is 1. The van der Waals surface area contributed by atoms with E-state index in [1.807, 2.05) is 6.07 Å². The van der Waals surface area contributed by atoms with Gasteiger partial charge in [-0.25, -0.2) is 4.98 Å². The van der Waals surface area contributed by atoms with Gasteiger partial charge in [0, 0.05) is 13.2 Å². The molecule has 0 bridgehead atoms. The van der Waals surface area contributed by atoms with Crippen molar-refractivity contribution in [1.82, 2.24) is 4.98 Å². The fraction of sp³-hybridized carbons (Fsp3) is 0.455. The lowest BCUT2D eigenvalue weighted by atomic mass is 10.1. The van der Waals surface area contributed by atoms with Crippen LogP contribution in [0.25, 0.3) is 0 Å². The second-order valence-electron chi connectivity index (χ2n) is 4.37. The number of hydrogen-bond acceptors (Lipinski definition) is 4. The molecule has 1 atom stereocenters. The molecule has 1 unspecified atom stereocenters. The highest BCUT2D eigenvalue weighted by atomic mass is 16.5. The van der Waals surface area contributed by atoms with Crippen LogP contribution in [0.15, 0.2) is 18.3 Å². The van der Waals surface area contributed by atoms with Crippen molar-refractivity contribution in [2.45, 2.75) is 24.5 Å². The van der Waals surface area contributed by atoms with E-state index < -0.39 is 11.6 Å². The largest absolute Gasteiger partial charge is 0.481 e. The lowest BCUT2D eigenvalue weighted by Gasteiger charge is -2.20. The average Bonchev–Trinajstić information content (AvgIpc) is 3.07. The van der Waals surface area contributed by atoms with Crippen LogP contribution in [-0.4, -0.2) is 29.6 Å².